The Kier molecular flexibility index (Phi) is 1.95. The average Bonchev–Trinajstić information content (AvgIpc) is 2.48. The molecule has 76 valence electrons. The molecular weight excluding hydrogens is 188 g/mol. The maximum absolute atomic E-state index is 5.67. The molecule has 0 N–H and O–H groups in total. The summed E-state index contributed by atoms with van der Waals surface area (Å²) in [6.07, 6.45) is 8.14. The summed E-state index contributed by atoms with van der Waals surface area (Å²) in [5, 5.41) is 0. The van der Waals surface area contributed by atoms with Gasteiger partial charge in [0.2, 0.25) is 0 Å². The van der Waals surface area contributed by atoms with E-state index in [-0.39, 0.29) is 0 Å². The smallest absolute Gasteiger partial charge is 0.147 e. The fraction of sp³-hybridized carbons (Fsp3) is 0.250. The summed E-state index contributed by atoms with van der Waals surface area (Å²) in [4.78, 5) is 6.69. The van der Waals surface area contributed by atoms with Crippen molar-refractivity contribution in [2.24, 2.45) is 0 Å². The molecule has 0 radical (unpaired) electrons. The van der Waals surface area contributed by atoms with Crippen LogP contribution in [0.2, 0.25) is 0 Å². The largest absolute Gasteiger partial charge is 0.489 e. The van der Waals surface area contributed by atoms with E-state index in [1.165, 1.54) is 5.70 Å². The van der Waals surface area contributed by atoms with Crippen LogP contribution in [-0.2, 0) is 0 Å². The Bertz CT molecular complexity index is 437. The molecule has 0 aliphatic carbocycles. The monoisotopic (exact) mass is 200 g/mol. The Morgan fingerprint density at radius 1 is 1.40 bits per heavy atom. The van der Waals surface area contributed by atoms with Gasteiger partial charge in [-0.2, -0.15) is 0 Å². The topological polar surface area (TPSA) is 25.4 Å². The quantitative estimate of drug-likeness (QED) is 0.637. The van der Waals surface area contributed by atoms with Gasteiger partial charge in [-0.1, -0.05) is 12.2 Å². The molecule has 0 spiro atoms. The van der Waals surface area contributed by atoms with Crippen molar-refractivity contribution in [3.05, 3.63) is 42.3 Å². The van der Waals surface area contributed by atoms with Crippen molar-refractivity contribution in [3.8, 4) is 5.75 Å². The number of pyridine rings is 1. The number of ether oxygens (including phenoxy) is 1. The minimum atomic E-state index is 0.726. The molecule has 3 rings (SSSR count). The van der Waals surface area contributed by atoms with E-state index in [0.29, 0.717) is 0 Å². The lowest BCUT2D eigenvalue weighted by Crippen LogP contribution is -2.26. The SMILES string of the molecule is C1=CCN2CCOc3cccnc3C2=C1. The van der Waals surface area contributed by atoms with Crippen LogP contribution in [0.3, 0.4) is 0 Å². The number of hydrogen-bond acceptors (Lipinski definition) is 3. The highest BCUT2D eigenvalue weighted by atomic mass is 16.5. The first-order valence-electron chi connectivity index (χ1n) is 5.15. The molecule has 0 fully saturated rings. The van der Waals surface area contributed by atoms with E-state index in [9.17, 15) is 0 Å². The van der Waals surface area contributed by atoms with E-state index in [2.05, 4.69) is 28.1 Å². The first-order chi connectivity index (χ1) is 7.45. The van der Waals surface area contributed by atoms with Gasteiger partial charge in [0.1, 0.15) is 18.1 Å². The predicted octanol–water partition coefficient (Wildman–Crippen LogP) is 1.69. The zero-order valence-corrected chi connectivity index (χ0v) is 8.39. The Morgan fingerprint density at radius 2 is 2.40 bits per heavy atom. The predicted molar refractivity (Wildman–Crippen MR) is 58.4 cm³/mol. The third-order valence-corrected chi connectivity index (χ3v) is 2.69. The van der Waals surface area contributed by atoms with Crippen molar-refractivity contribution in [2.75, 3.05) is 19.7 Å². The molecule has 15 heavy (non-hydrogen) atoms. The van der Waals surface area contributed by atoms with Gasteiger partial charge >= 0.3 is 0 Å². The molecule has 2 aliphatic heterocycles. The highest BCUT2D eigenvalue weighted by molar-refractivity contribution is 5.69. The van der Waals surface area contributed by atoms with Crippen LogP contribution in [0.5, 0.6) is 5.75 Å². The molecule has 1 aromatic rings. The minimum Gasteiger partial charge on any atom is -0.489 e. The lowest BCUT2D eigenvalue weighted by Gasteiger charge is -2.24. The lowest BCUT2D eigenvalue weighted by molar-refractivity contribution is 0.283. The van der Waals surface area contributed by atoms with Gasteiger partial charge in [0, 0.05) is 12.7 Å². The highest BCUT2D eigenvalue weighted by Crippen LogP contribution is 2.30. The zero-order valence-electron chi connectivity index (χ0n) is 8.39. The van der Waals surface area contributed by atoms with Crippen molar-refractivity contribution in [3.63, 3.8) is 0 Å². The Balaban J connectivity index is 2.14. The van der Waals surface area contributed by atoms with E-state index in [0.717, 1.165) is 31.1 Å². The minimum absolute atomic E-state index is 0.726. The van der Waals surface area contributed by atoms with Gasteiger partial charge in [0.25, 0.3) is 0 Å². The third kappa shape index (κ3) is 1.40. The molecule has 0 saturated carbocycles. The summed E-state index contributed by atoms with van der Waals surface area (Å²) in [7, 11) is 0. The van der Waals surface area contributed by atoms with Crippen LogP contribution >= 0.6 is 0 Å². The van der Waals surface area contributed by atoms with Gasteiger partial charge in [-0.3, -0.25) is 4.98 Å². The normalized spacial score (nSPS) is 18.4. The number of fused-ring (bicyclic) bond motifs is 3. The van der Waals surface area contributed by atoms with Gasteiger partial charge < -0.3 is 9.64 Å². The fourth-order valence-electron chi connectivity index (χ4n) is 1.96. The second kappa shape index (κ2) is 3.42. The number of allylic oxidation sites excluding steroid dienone is 2. The molecule has 0 unspecified atom stereocenters. The molecule has 0 bridgehead atoms. The van der Waals surface area contributed by atoms with Crippen LogP contribution in [0.25, 0.3) is 5.70 Å². The van der Waals surface area contributed by atoms with Crippen LogP contribution in [0.15, 0.2) is 36.6 Å². The van der Waals surface area contributed by atoms with Crippen molar-refractivity contribution >= 4 is 5.70 Å². The molecule has 3 nitrogen and oxygen atoms in total. The number of hydrogen-bond donors (Lipinski definition) is 0. The Labute approximate surface area is 88.7 Å². The molecule has 0 atom stereocenters. The second-order valence-electron chi connectivity index (χ2n) is 3.62. The van der Waals surface area contributed by atoms with Gasteiger partial charge in [-0.25, -0.2) is 0 Å². The van der Waals surface area contributed by atoms with Crippen LogP contribution in [0, 0.1) is 0 Å². The third-order valence-electron chi connectivity index (χ3n) is 2.69. The summed E-state index contributed by atoms with van der Waals surface area (Å²) in [5.41, 5.74) is 2.13. The molecule has 0 amide bonds. The van der Waals surface area contributed by atoms with Gasteiger partial charge in [0.15, 0.2) is 0 Å². The van der Waals surface area contributed by atoms with E-state index < -0.39 is 0 Å². The standard InChI is InChI=1S/C12H12N2O/c1-2-7-14-8-9-15-11-5-3-6-13-12(11)10(14)4-1/h1-6H,7-9H2. The number of nitrogens with zero attached hydrogens (tertiary/aromatic N) is 2. The van der Waals surface area contributed by atoms with E-state index in [1.54, 1.807) is 0 Å². The molecule has 3 heterocycles. The average molecular weight is 200 g/mol. The molecule has 1 aromatic heterocycles. The molecule has 0 saturated heterocycles. The lowest BCUT2D eigenvalue weighted by atomic mass is 10.1. The molecule has 0 aromatic carbocycles. The van der Waals surface area contributed by atoms with Gasteiger partial charge in [0.05, 0.1) is 12.2 Å². The Hall–Kier alpha value is -1.77. The fourth-order valence-corrected chi connectivity index (χ4v) is 1.96. The van der Waals surface area contributed by atoms with Crippen LogP contribution in [-0.4, -0.2) is 29.6 Å². The molecule has 2 aliphatic rings. The van der Waals surface area contributed by atoms with E-state index in [4.69, 9.17) is 4.74 Å². The zero-order chi connectivity index (χ0) is 10.1. The summed E-state index contributed by atoms with van der Waals surface area (Å²) in [6.45, 7) is 2.60. The second-order valence-corrected chi connectivity index (χ2v) is 3.62. The summed E-state index contributed by atoms with van der Waals surface area (Å²) in [6, 6.07) is 3.89. The van der Waals surface area contributed by atoms with Crippen LogP contribution in [0.4, 0.5) is 0 Å². The van der Waals surface area contributed by atoms with Crippen molar-refractivity contribution in [1.82, 2.24) is 9.88 Å². The molecule has 3 heteroatoms. The highest BCUT2D eigenvalue weighted by Gasteiger charge is 2.20. The molecular formula is C12H12N2O. The van der Waals surface area contributed by atoms with Crippen molar-refractivity contribution in [1.29, 1.82) is 0 Å². The summed E-state index contributed by atoms with van der Waals surface area (Å²) >= 11 is 0. The van der Waals surface area contributed by atoms with Gasteiger partial charge in [-0.15, -0.1) is 0 Å². The maximum Gasteiger partial charge on any atom is 0.147 e. The maximum atomic E-state index is 5.67. The van der Waals surface area contributed by atoms with Crippen molar-refractivity contribution in [2.45, 2.75) is 0 Å². The first kappa shape index (κ1) is 8.53. The van der Waals surface area contributed by atoms with Crippen molar-refractivity contribution < 1.29 is 4.74 Å². The van der Waals surface area contributed by atoms with Crippen LogP contribution in [0.1, 0.15) is 5.69 Å². The Morgan fingerprint density at radius 3 is 3.40 bits per heavy atom. The van der Waals surface area contributed by atoms with E-state index >= 15 is 0 Å². The van der Waals surface area contributed by atoms with E-state index in [1.807, 2.05) is 18.3 Å². The number of aromatic nitrogens is 1. The number of rotatable bonds is 0. The summed E-state index contributed by atoms with van der Waals surface area (Å²) < 4.78 is 5.67. The first-order valence-corrected chi connectivity index (χ1v) is 5.15. The van der Waals surface area contributed by atoms with Crippen LogP contribution < -0.4 is 4.74 Å². The summed E-state index contributed by atoms with van der Waals surface area (Å²) in [5.74, 6) is 0.890. The van der Waals surface area contributed by atoms with Gasteiger partial charge in [-0.05, 0) is 18.2 Å².